The molecule has 0 spiro atoms. The molecule has 0 bridgehead atoms. The van der Waals surface area contributed by atoms with E-state index in [4.69, 9.17) is 37.0 Å². The third kappa shape index (κ3) is 72.4. The van der Waals surface area contributed by atoms with Gasteiger partial charge in [0.15, 0.2) is 12.2 Å². The van der Waals surface area contributed by atoms with Crippen LogP contribution in [-0.2, 0) is 65.4 Å². The van der Waals surface area contributed by atoms with Crippen LogP contribution in [0.2, 0.25) is 0 Å². The molecule has 0 aliphatic rings. The van der Waals surface area contributed by atoms with Gasteiger partial charge in [-0.05, 0) is 37.5 Å². The summed E-state index contributed by atoms with van der Waals surface area (Å²) < 4.78 is 68.6. The molecule has 0 rings (SSSR count). The lowest BCUT2D eigenvalue weighted by Crippen LogP contribution is -2.30. The number of ether oxygens (including phenoxy) is 4. The maximum Gasteiger partial charge on any atom is 0.472 e. The van der Waals surface area contributed by atoms with Crippen LogP contribution < -0.4 is 0 Å². The molecule has 0 amide bonds. The molecule has 98 heavy (non-hydrogen) atoms. The van der Waals surface area contributed by atoms with Gasteiger partial charge in [-0.15, -0.1) is 0 Å². The van der Waals surface area contributed by atoms with E-state index in [-0.39, 0.29) is 25.7 Å². The van der Waals surface area contributed by atoms with Gasteiger partial charge in [-0.25, -0.2) is 9.13 Å². The molecule has 0 radical (unpaired) electrons. The van der Waals surface area contributed by atoms with Crippen molar-refractivity contribution < 1.29 is 80.2 Å². The van der Waals surface area contributed by atoms with Crippen molar-refractivity contribution in [1.29, 1.82) is 0 Å². The monoisotopic (exact) mass is 1440 g/mol. The minimum atomic E-state index is -4.96. The first-order valence-corrected chi connectivity index (χ1v) is 44.0. The van der Waals surface area contributed by atoms with Gasteiger partial charge in [0.2, 0.25) is 0 Å². The smallest absolute Gasteiger partial charge is 0.462 e. The quantitative estimate of drug-likeness (QED) is 0.0222. The van der Waals surface area contributed by atoms with Crippen LogP contribution in [0, 0.1) is 11.8 Å². The second-order valence-electron chi connectivity index (χ2n) is 29.4. The lowest BCUT2D eigenvalue weighted by molar-refractivity contribution is -0.161. The summed E-state index contributed by atoms with van der Waals surface area (Å²) in [6.45, 7) is 9.67. The van der Waals surface area contributed by atoms with Crippen LogP contribution in [-0.4, -0.2) is 96.7 Å². The van der Waals surface area contributed by atoms with Gasteiger partial charge in [-0.3, -0.25) is 37.3 Å². The van der Waals surface area contributed by atoms with Gasteiger partial charge in [0.1, 0.15) is 19.3 Å². The molecule has 0 aromatic carbocycles. The first-order chi connectivity index (χ1) is 47.4. The summed E-state index contributed by atoms with van der Waals surface area (Å²) in [4.78, 5) is 72.9. The van der Waals surface area contributed by atoms with Gasteiger partial charge < -0.3 is 33.8 Å². The number of rotatable bonds is 78. The number of carbonyl (C=O) groups excluding carboxylic acids is 4. The van der Waals surface area contributed by atoms with Crippen LogP contribution in [0.3, 0.4) is 0 Å². The third-order valence-corrected chi connectivity index (χ3v) is 20.4. The van der Waals surface area contributed by atoms with Crippen LogP contribution >= 0.6 is 15.6 Å². The second kappa shape index (κ2) is 70.7. The molecule has 0 saturated carbocycles. The summed E-state index contributed by atoms with van der Waals surface area (Å²) in [7, 11) is -9.91. The standard InChI is InChI=1S/C79H154O17P2/c1-7-9-11-13-15-17-19-32-39-45-51-57-63-78(83)95-74(67-89-76(81)61-55-49-43-37-29-18-16-14-12-10-8-2)69-93-97(85,86)91-65-73(80)66-92-98(87,88)94-70-75(68-90-77(82)62-56-50-44-38-33-27-24-23-26-31-36-42-48-54-60-72(5)6)96-79(84)64-58-52-46-40-34-28-22-20-21-25-30-35-41-47-53-59-71(3)4/h71-75,80H,7-70H2,1-6H3,(H,85,86)(H,87,88)/t73-,74+,75+/m0/s1. The van der Waals surface area contributed by atoms with E-state index < -0.39 is 97.5 Å². The summed E-state index contributed by atoms with van der Waals surface area (Å²) in [6, 6.07) is 0. The number of phosphoric ester groups is 2. The molecular weight excluding hydrogens is 1280 g/mol. The fraction of sp³-hybridized carbons (Fsp3) is 0.949. The molecule has 0 aromatic rings. The molecule has 17 nitrogen and oxygen atoms in total. The topological polar surface area (TPSA) is 237 Å². The van der Waals surface area contributed by atoms with Crippen molar-refractivity contribution in [2.45, 2.75) is 432 Å². The number of aliphatic hydroxyl groups excluding tert-OH is 1. The van der Waals surface area contributed by atoms with Crippen molar-refractivity contribution in [3.8, 4) is 0 Å². The van der Waals surface area contributed by atoms with Gasteiger partial charge in [-0.2, -0.15) is 0 Å². The van der Waals surface area contributed by atoms with E-state index in [1.54, 1.807) is 0 Å². The zero-order valence-electron chi connectivity index (χ0n) is 64.1. The molecule has 0 aromatic heterocycles. The Balaban J connectivity index is 5.24. The lowest BCUT2D eigenvalue weighted by atomic mass is 10.0. The normalized spacial score (nSPS) is 13.9. The highest BCUT2D eigenvalue weighted by molar-refractivity contribution is 7.47. The Morgan fingerprint density at radius 3 is 0.694 bits per heavy atom. The van der Waals surface area contributed by atoms with E-state index >= 15 is 0 Å². The van der Waals surface area contributed by atoms with Gasteiger partial charge in [0.25, 0.3) is 0 Å². The molecule has 0 heterocycles. The Hall–Kier alpha value is -1.94. The maximum absolute atomic E-state index is 13.1. The molecule has 0 fully saturated rings. The summed E-state index contributed by atoms with van der Waals surface area (Å²) in [5.74, 6) is -0.507. The van der Waals surface area contributed by atoms with Crippen molar-refractivity contribution in [3.05, 3.63) is 0 Å². The molecule has 582 valence electrons. The molecular formula is C79H154O17P2. The highest BCUT2D eigenvalue weighted by Crippen LogP contribution is 2.45. The first kappa shape index (κ1) is 96.1. The largest absolute Gasteiger partial charge is 0.472 e. The average Bonchev–Trinajstić information content (AvgIpc) is 1.06. The molecule has 0 aliphatic carbocycles. The predicted molar refractivity (Wildman–Crippen MR) is 400 cm³/mol. The molecule has 3 N–H and O–H groups in total. The van der Waals surface area contributed by atoms with Gasteiger partial charge >= 0.3 is 39.5 Å². The van der Waals surface area contributed by atoms with Crippen molar-refractivity contribution in [3.63, 3.8) is 0 Å². The Labute approximate surface area is 600 Å². The minimum absolute atomic E-state index is 0.108. The number of esters is 4. The lowest BCUT2D eigenvalue weighted by Gasteiger charge is -2.21. The number of carbonyl (C=O) groups is 4. The van der Waals surface area contributed by atoms with Crippen molar-refractivity contribution in [1.82, 2.24) is 0 Å². The molecule has 19 heteroatoms. The van der Waals surface area contributed by atoms with E-state index in [9.17, 15) is 43.2 Å². The van der Waals surface area contributed by atoms with Crippen molar-refractivity contribution in [2.75, 3.05) is 39.6 Å². The number of hydrogen-bond donors (Lipinski definition) is 3. The SMILES string of the molecule is CCCCCCCCCCCCCCC(=O)O[C@H](COC(=O)CCCCCCCCCCCCC)COP(=O)(O)OC[C@H](O)COP(=O)(O)OC[C@@H](COC(=O)CCCCCCCCCCCCCCCCC(C)C)OC(=O)CCCCCCCCCCCCCCCCCC(C)C. The van der Waals surface area contributed by atoms with Crippen LogP contribution in [0.15, 0.2) is 0 Å². The van der Waals surface area contributed by atoms with Gasteiger partial charge in [0, 0.05) is 25.7 Å². The van der Waals surface area contributed by atoms with Crippen molar-refractivity contribution >= 4 is 39.5 Å². The average molecular weight is 1440 g/mol. The number of unbranched alkanes of at least 4 members (excludes halogenated alkanes) is 48. The van der Waals surface area contributed by atoms with Crippen LogP contribution in [0.5, 0.6) is 0 Å². The Kier molecular flexibility index (Phi) is 69.3. The van der Waals surface area contributed by atoms with E-state index in [2.05, 4.69) is 41.5 Å². The molecule has 2 unspecified atom stereocenters. The molecule has 0 aliphatic heterocycles. The zero-order chi connectivity index (χ0) is 72.1. The highest BCUT2D eigenvalue weighted by atomic mass is 31.2. The van der Waals surface area contributed by atoms with Crippen LogP contribution in [0.25, 0.3) is 0 Å². The summed E-state index contributed by atoms with van der Waals surface area (Å²) >= 11 is 0. The number of aliphatic hydroxyl groups is 1. The van der Waals surface area contributed by atoms with Gasteiger partial charge in [0.05, 0.1) is 26.4 Å². The Morgan fingerprint density at radius 2 is 0.469 bits per heavy atom. The van der Waals surface area contributed by atoms with Gasteiger partial charge in [-0.1, -0.05) is 363 Å². The summed E-state index contributed by atoms with van der Waals surface area (Å²) in [5, 5.41) is 10.6. The predicted octanol–water partition coefficient (Wildman–Crippen LogP) is 23.5. The summed E-state index contributed by atoms with van der Waals surface area (Å²) in [5.41, 5.74) is 0. The van der Waals surface area contributed by atoms with Crippen LogP contribution in [0.1, 0.15) is 414 Å². The van der Waals surface area contributed by atoms with Crippen molar-refractivity contribution in [2.24, 2.45) is 11.8 Å². The van der Waals surface area contributed by atoms with Crippen LogP contribution in [0.4, 0.5) is 0 Å². The Bertz CT molecular complexity index is 1890. The highest BCUT2D eigenvalue weighted by Gasteiger charge is 2.30. The zero-order valence-corrected chi connectivity index (χ0v) is 65.9. The fourth-order valence-electron chi connectivity index (χ4n) is 12.2. The number of hydrogen-bond acceptors (Lipinski definition) is 15. The summed E-state index contributed by atoms with van der Waals surface area (Å²) in [6.07, 6.45) is 59.5. The number of phosphoric acid groups is 2. The molecule has 0 saturated heterocycles. The first-order valence-electron chi connectivity index (χ1n) is 41.0. The molecule has 5 atom stereocenters. The van der Waals surface area contributed by atoms with E-state index in [0.29, 0.717) is 25.7 Å². The van der Waals surface area contributed by atoms with E-state index in [1.165, 1.54) is 231 Å². The van der Waals surface area contributed by atoms with E-state index in [0.717, 1.165) is 102 Å². The fourth-order valence-corrected chi connectivity index (χ4v) is 13.8. The third-order valence-electron chi connectivity index (χ3n) is 18.5. The minimum Gasteiger partial charge on any atom is -0.462 e. The van der Waals surface area contributed by atoms with E-state index in [1.807, 2.05) is 0 Å². The second-order valence-corrected chi connectivity index (χ2v) is 32.3. The Morgan fingerprint density at radius 1 is 0.276 bits per heavy atom. The maximum atomic E-state index is 13.1.